The van der Waals surface area contributed by atoms with Gasteiger partial charge in [-0.1, -0.05) is 30.3 Å². The molecule has 0 aliphatic carbocycles. The first-order valence-corrected chi connectivity index (χ1v) is 9.83. The Morgan fingerprint density at radius 1 is 1.10 bits per heavy atom. The first-order chi connectivity index (χ1) is 15.1. The van der Waals surface area contributed by atoms with Crippen molar-refractivity contribution in [3.63, 3.8) is 0 Å². The number of hydrogen-bond acceptors (Lipinski definition) is 6. The van der Waals surface area contributed by atoms with Crippen molar-refractivity contribution in [3.8, 4) is 11.5 Å². The van der Waals surface area contributed by atoms with Crippen LogP contribution in [0.5, 0.6) is 11.5 Å². The Kier molecular flexibility index (Phi) is 5.98. The van der Waals surface area contributed by atoms with Gasteiger partial charge in [-0.15, -0.1) is 0 Å². The molecule has 0 saturated carbocycles. The molecule has 2 N–H and O–H groups in total. The number of ether oxygens (including phenoxy) is 2. The molecule has 3 aromatic rings. The highest BCUT2D eigenvalue weighted by molar-refractivity contribution is 6.07. The summed E-state index contributed by atoms with van der Waals surface area (Å²) in [4.78, 5) is 30.4. The Morgan fingerprint density at radius 3 is 2.68 bits per heavy atom. The lowest BCUT2D eigenvalue weighted by molar-refractivity contribution is -0.116. The van der Waals surface area contributed by atoms with Crippen LogP contribution in [0, 0.1) is 0 Å². The summed E-state index contributed by atoms with van der Waals surface area (Å²) in [6.07, 6.45) is 1.47. The van der Waals surface area contributed by atoms with E-state index in [0.717, 1.165) is 5.75 Å². The minimum absolute atomic E-state index is 0.0941. The lowest BCUT2D eigenvalue weighted by Crippen LogP contribution is -2.37. The van der Waals surface area contributed by atoms with Gasteiger partial charge in [0.1, 0.15) is 30.5 Å². The zero-order valence-corrected chi connectivity index (χ0v) is 17.0. The van der Waals surface area contributed by atoms with Crippen molar-refractivity contribution in [2.24, 2.45) is 0 Å². The maximum absolute atomic E-state index is 12.8. The largest absolute Gasteiger partial charge is 0.490 e. The third-order valence-electron chi connectivity index (χ3n) is 4.76. The van der Waals surface area contributed by atoms with E-state index in [1.54, 1.807) is 25.2 Å². The molecule has 8 heteroatoms. The normalized spacial score (nSPS) is 12.5. The Morgan fingerprint density at radius 2 is 1.84 bits per heavy atom. The van der Waals surface area contributed by atoms with Gasteiger partial charge in [0, 0.05) is 13.2 Å². The lowest BCUT2D eigenvalue weighted by atomic mass is 10.2. The number of amides is 2. The number of para-hydroxylation sites is 3. The summed E-state index contributed by atoms with van der Waals surface area (Å²) in [7, 11) is 1.66. The van der Waals surface area contributed by atoms with E-state index < -0.39 is 0 Å². The van der Waals surface area contributed by atoms with E-state index in [4.69, 9.17) is 9.47 Å². The smallest absolute Gasteiger partial charge is 0.257 e. The molecule has 1 aliphatic rings. The molecular weight excluding hydrogens is 396 g/mol. The van der Waals surface area contributed by atoms with E-state index in [1.807, 2.05) is 42.5 Å². The summed E-state index contributed by atoms with van der Waals surface area (Å²) in [5.74, 6) is 1.43. The number of pyridine rings is 1. The number of nitrogens with one attached hydrogen (secondary N) is 2. The number of carbonyl (C=O) groups excluding carboxylic acids is 2. The van der Waals surface area contributed by atoms with Crippen LogP contribution >= 0.6 is 0 Å². The van der Waals surface area contributed by atoms with Crippen LogP contribution in [0.25, 0.3) is 0 Å². The van der Waals surface area contributed by atoms with Gasteiger partial charge in [0.15, 0.2) is 0 Å². The molecule has 31 heavy (non-hydrogen) atoms. The van der Waals surface area contributed by atoms with E-state index in [2.05, 4.69) is 15.6 Å². The lowest BCUT2D eigenvalue weighted by Gasteiger charge is -2.26. The molecule has 0 bridgehead atoms. The van der Waals surface area contributed by atoms with Gasteiger partial charge in [-0.2, -0.15) is 0 Å². The van der Waals surface area contributed by atoms with E-state index in [1.165, 1.54) is 11.1 Å². The van der Waals surface area contributed by atoms with Crippen molar-refractivity contribution < 1.29 is 19.1 Å². The highest BCUT2D eigenvalue weighted by Crippen LogP contribution is 2.28. The number of likely N-dealkylation sites (N-methyl/N-ethyl adjacent to an activating group) is 1. The molecule has 2 heterocycles. The molecule has 0 saturated heterocycles. The number of nitrogens with zero attached hydrogens (tertiary/aromatic N) is 2. The summed E-state index contributed by atoms with van der Waals surface area (Å²) in [5.41, 5.74) is 1.43. The first kappa shape index (κ1) is 20.2. The second kappa shape index (κ2) is 9.17. The SMILES string of the molecule is CN1C(=O)CNc2ncc(C(=O)Nc3ccccc3OCCOc3ccccc3)cc21. The predicted molar refractivity (Wildman–Crippen MR) is 118 cm³/mol. The zero-order chi connectivity index (χ0) is 21.6. The fraction of sp³-hybridized carbons (Fsp3) is 0.174. The van der Waals surface area contributed by atoms with Crippen LogP contribution < -0.4 is 25.0 Å². The van der Waals surface area contributed by atoms with E-state index in [0.29, 0.717) is 41.7 Å². The number of hydrogen-bond donors (Lipinski definition) is 2. The van der Waals surface area contributed by atoms with Gasteiger partial charge in [-0.3, -0.25) is 9.59 Å². The maximum Gasteiger partial charge on any atom is 0.257 e. The average Bonchev–Trinajstić information content (AvgIpc) is 2.80. The Labute approximate surface area is 179 Å². The van der Waals surface area contributed by atoms with E-state index >= 15 is 0 Å². The summed E-state index contributed by atoms with van der Waals surface area (Å²) in [6, 6.07) is 18.3. The molecule has 8 nitrogen and oxygen atoms in total. The number of rotatable bonds is 7. The summed E-state index contributed by atoms with van der Waals surface area (Å²) >= 11 is 0. The highest BCUT2D eigenvalue weighted by Gasteiger charge is 2.23. The molecule has 4 rings (SSSR count). The van der Waals surface area contributed by atoms with Gasteiger partial charge in [-0.25, -0.2) is 4.98 Å². The van der Waals surface area contributed by atoms with Crippen molar-refractivity contribution in [2.45, 2.75) is 0 Å². The molecule has 0 spiro atoms. The topological polar surface area (TPSA) is 92.8 Å². The van der Waals surface area contributed by atoms with Crippen LogP contribution in [0.15, 0.2) is 66.9 Å². The minimum atomic E-state index is -0.349. The molecule has 0 radical (unpaired) electrons. The fourth-order valence-electron chi connectivity index (χ4n) is 3.10. The quantitative estimate of drug-likeness (QED) is 0.573. The van der Waals surface area contributed by atoms with Crippen molar-refractivity contribution >= 4 is 29.0 Å². The van der Waals surface area contributed by atoms with Gasteiger partial charge in [0.25, 0.3) is 5.91 Å². The van der Waals surface area contributed by atoms with E-state index in [9.17, 15) is 9.59 Å². The molecule has 1 aliphatic heterocycles. The van der Waals surface area contributed by atoms with Crippen molar-refractivity contribution in [1.29, 1.82) is 0 Å². The van der Waals surface area contributed by atoms with Gasteiger partial charge in [-0.05, 0) is 30.3 Å². The van der Waals surface area contributed by atoms with Crippen molar-refractivity contribution in [2.75, 3.05) is 42.3 Å². The summed E-state index contributed by atoms with van der Waals surface area (Å²) in [5, 5.41) is 5.79. The summed E-state index contributed by atoms with van der Waals surface area (Å²) in [6.45, 7) is 0.871. The Hall–Kier alpha value is -4.07. The number of carbonyl (C=O) groups is 2. The van der Waals surface area contributed by atoms with Crippen molar-refractivity contribution in [3.05, 3.63) is 72.4 Å². The standard InChI is InChI=1S/C23H22N4O4/c1-27-19-13-16(14-24-22(19)25-15-21(27)28)23(29)26-18-9-5-6-10-20(18)31-12-11-30-17-7-3-2-4-8-17/h2-10,13-14H,11-12,15H2,1H3,(H,24,25)(H,26,29). The zero-order valence-electron chi connectivity index (χ0n) is 17.0. The fourth-order valence-corrected chi connectivity index (χ4v) is 3.10. The third kappa shape index (κ3) is 4.75. The molecule has 0 unspecified atom stereocenters. The van der Waals surface area contributed by atoms with Crippen LogP contribution in [0.4, 0.5) is 17.2 Å². The van der Waals surface area contributed by atoms with Gasteiger partial charge in [0.05, 0.1) is 23.5 Å². The van der Waals surface area contributed by atoms with E-state index in [-0.39, 0.29) is 18.4 Å². The van der Waals surface area contributed by atoms with Crippen LogP contribution in [-0.2, 0) is 4.79 Å². The van der Waals surface area contributed by atoms with Crippen LogP contribution in [0.1, 0.15) is 10.4 Å². The second-order valence-electron chi connectivity index (χ2n) is 6.86. The Bertz CT molecular complexity index is 1090. The maximum atomic E-state index is 12.8. The molecule has 0 fully saturated rings. The van der Waals surface area contributed by atoms with Crippen molar-refractivity contribution in [1.82, 2.24) is 4.98 Å². The molecule has 158 valence electrons. The monoisotopic (exact) mass is 418 g/mol. The summed E-state index contributed by atoms with van der Waals surface area (Å²) < 4.78 is 11.4. The molecular formula is C23H22N4O4. The average molecular weight is 418 g/mol. The third-order valence-corrected chi connectivity index (χ3v) is 4.76. The molecule has 1 aromatic heterocycles. The number of benzene rings is 2. The van der Waals surface area contributed by atoms with Crippen LogP contribution in [-0.4, -0.2) is 43.6 Å². The van der Waals surface area contributed by atoms with Gasteiger partial charge in [0.2, 0.25) is 5.91 Å². The molecule has 0 atom stereocenters. The van der Waals surface area contributed by atoms with Crippen LogP contribution in [0.3, 0.4) is 0 Å². The predicted octanol–water partition coefficient (Wildman–Crippen LogP) is 3.18. The van der Waals surface area contributed by atoms with Crippen LogP contribution in [0.2, 0.25) is 0 Å². The Balaban J connectivity index is 1.40. The van der Waals surface area contributed by atoms with Gasteiger partial charge < -0.3 is 25.0 Å². The highest BCUT2D eigenvalue weighted by atomic mass is 16.5. The second-order valence-corrected chi connectivity index (χ2v) is 6.86. The number of fused-ring (bicyclic) bond motifs is 1. The number of aromatic nitrogens is 1. The molecule has 2 amide bonds. The first-order valence-electron chi connectivity index (χ1n) is 9.83. The van der Waals surface area contributed by atoms with Gasteiger partial charge >= 0.3 is 0 Å². The number of anilines is 3. The minimum Gasteiger partial charge on any atom is -0.490 e. The molecule has 2 aromatic carbocycles.